The van der Waals surface area contributed by atoms with Crippen molar-refractivity contribution in [1.82, 2.24) is 20.2 Å². The van der Waals surface area contributed by atoms with Crippen LogP contribution in [0.3, 0.4) is 0 Å². The monoisotopic (exact) mass is 233 g/mol. The minimum atomic E-state index is -0.885. The summed E-state index contributed by atoms with van der Waals surface area (Å²) in [7, 11) is 0. The van der Waals surface area contributed by atoms with Gasteiger partial charge in [0.2, 0.25) is 0 Å². The molecule has 0 aliphatic heterocycles. The van der Waals surface area contributed by atoms with Crippen molar-refractivity contribution in [3.8, 4) is 11.4 Å². The van der Waals surface area contributed by atoms with Crippen molar-refractivity contribution in [3.63, 3.8) is 0 Å². The molecule has 3 N–H and O–H groups in total. The number of anilines is 1. The molecule has 0 amide bonds. The fourth-order valence-corrected chi connectivity index (χ4v) is 1.40. The predicted octanol–water partition coefficient (Wildman–Crippen LogP) is 0.397. The van der Waals surface area contributed by atoms with Gasteiger partial charge < -0.3 is 10.8 Å². The maximum Gasteiger partial charge on any atom is 0.305 e. The van der Waals surface area contributed by atoms with Gasteiger partial charge in [-0.1, -0.05) is 0 Å². The van der Waals surface area contributed by atoms with E-state index in [2.05, 4.69) is 15.5 Å². The molecular weight excluding hydrogens is 222 g/mol. The first-order valence-electron chi connectivity index (χ1n) is 5.00. The topological polar surface area (TPSA) is 107 Å². The largest absolute Gasteiger partial charge is 0.481 e. The van der Waals surface area contributed by atoms with Gasteiger partial charge in [-0.2, -0.15) is 0 Å². The number of nitrogens with zero attached hydrogens (tertiary/aromatic N) is 4. The van der Waals surface area contributed by atoms with Crippen molar-refractivity contribution >= 4 is 11.7 Å². The number of rotatable bonds is 4. The van der Waals surface area contributed by atoms with Crippen LogP contribution in [-0.2, 0) is 11.3 Å². The Morgan fingerprint density at radius 1 is 1.35 bits per heavy atom. The van der Waals surface area contributed by atoms with Crippen LogP contribution in [0.2, 0.25) is 0 Å². The lowest BCUT2D eigenvalue weighted by molar-refractivity contribution is -0.137. The van der Waals surface area contributed by atoms with Crippen LogP contribution in [-0.4, -0.2) is 31.3 Å². The van der Waals surface area contributed by atoms with Gasteiger partial charge in [-0.25, -0.2) is 4.68 Å². The number of carboxylic acids is 1. The van der Waals surface area contributed by atoms with Crippen LogP contribution in [0, 0.1) is 0 Å². The summed E-state index contributed by atoms with van der Waals surface area (Å²) in [5, 5.41) is 19.8. The number of nitrogens with two attached hydrogens (primary N) is 1. The van der Waals surface area contributed by atoms with Gasteiger partial charge in [0.1, 0.15) is 0 Å². The third-order valence-corrected chi connectivity index (χ3v) is 2.24. The molecule has 0 spiro atoms. The van der Waals surface area contributed by atoms with E-state index in [9.17, 15) is 4.79 Å². The van der Waals surface area contributed by atoms with Crippen molar-refractivity contribution in [2.75, 3.05) is 5.73 Å². The number of carboxylic acid groups (broad SMARTS) is 1. The quantitative estimate of drug-likeness (QED) is 0.740. The van der Waals surface area contributed by atoms with Crippen LogP contribution >= 0.6 is 0 Å². The molecule has 0 saturated heterocycles. The zero-order valence-corrected chi connectivity index (χ0v) is 8.95. The van der Waals surface area contributed by atoms with Gasteiger partial charge in [-0.05, 0) is 34.7 Å². The fraction of sp³-hybridized carbons (Fsp3) is 0.200. The molecule has 0 atom stereocenters. The molecule has 88 valence electrons. The number of aromatic nitrogens is 4. The van der Waals surface area contributed by atoms with Crippen LogP contribution in [0.4, 0.5) is 5.69 Å². The highest BCUT2D eigenvalue weighted by molar-refractivity contribution is 5.66. The molecule has 0 radical (unpaired) electrons. The summed E-state index contributed by atoms with van der Waals surface area (Å²) in [5.74, 6) is -0.352. The maximum absolute atomic E-state index is 10.5. The molecule has 2 rings (SSSR count). The molecule has 0 aliphatic rings. The predicted molar refractivity (Wildman–Crippen MR) is 59.9 cm³/mol. The first-order valence-corrected chi connectivity index (χ1v) is 5.00. The van der Waals surface area contributed by atoms with E-state index in [1.165, 1.54) is 4.68 Å². The smallest absolute Gasteiger partial charge is 0.305 e. The molecule has 0 aliphatic carbocycles. The summed E-state index contributed by atoms with van der Waals surface area (Å²) in [4.78, 5) is 10.5. The molecule has 7 heteroatoms. The zero-order valence-electron chi connectivity index (χ0n) is 8.95. The van der Waals surface area contributed by atoms with Crippen LogP contribution in [0.25, 0.3) is 11.4 Å². The van der Waals surface area contributed by atoms with Crippen LogP contribution in [0.5, 0.6) is 0 Å². The molecule has 1 aromatic heterocycles. The number of carbonyl (C=O) groups is 1. The maximum atomic E-state index is 10.5. The number of benzene rings is 1. The van der Waals surface area contributed by atoms with Gasteiger partial charge in [-0.15, -0.1) is 5.10 Å². The normalized spacial score (nSPS) is 10.4. The number of hydrogen-bond donors (Lipinski definition) is 2. The molecule has 0 fully saturated rings. The number of aryl methyl sites for hydroxylation is 1. The fourth-order valence-electron chi connectivity index (χ4n) is 1.40. The lowest BCUT2D eigenvalue weighted by Crippen LogP contribution is -2.07. The highest BCUT2D eigenvalue weighted by Gasteiger charge is 2.09. The summed E-state index contributed by atoms with van der Waals surface area (Å²) in [5.41, 5.74) is 7.03. The first-order chi connectivity index (χ1) is 8.16. The molecule has 17 heavy (non-hydrogen) atoms. The number of aliphatic carboxylic acids is 1. The van der Waals surface area contributed by atoms with Crippen molar-refractivity contribution < 1.29 is 9.90 Å². The van der Waals surface area contributed by atoms with E-state index in [-0.39, 0.29) is 13.0 Å². The average molecular weight is 233 g/mol. The molecule has 0 unspecified atom stereocenters. The summed E-state index contributed by atoms with van der Waals surface area (Å²) < 4.78 is 1.46. The Labute approximate surface area is 96.9 Å². The number of hydrogen-bond acceptors (Lipinski definition) is 5. The van der Waals surface area contributed by atoms with E-state index in [1.807, 2.05) is 0 Å². The Balaban J connectivity index is 2.24. The van der Waals surface area contributed by atoms with Crippen LogP contribution < -0.4 is 5.73 Å². The second-order valence-electron chi connectivity index (χ2n) is 3.49. The Bertz CT molecular complexity index is 520. The summed E-state index contributed by atoms with van der Waals surface area (Å²) in [6, 6.07) is 7.06. The second-order valence-corrected chi connectivity index (χ2v) is 3.49. The SMILES string of the molecule is Nc1ccc(-c2nnnn2CCC(=O)O)cc1. The van der Waals surface area contributed by atoms with E-state index in [0.29, 0.717) is 11.5 Å². The van der Waals surface area contributed by atoms with E-state index < -0.39 is 5.97 Å². The Kier molecular flexibility index (Phi) is 2.99. The standard InChI is InChI=1S/C10H11N5O2/c11-8-3-1-7(2-4-8)10-12-13-14-15(10)6-5-9(16)17/h1-4H,5-6,11H2,(H,16,17). The third-order valence-electron chi connectivity index (χ3n) is 2.24. The number of tetrazole rings is 1. The Morgan fingerprint density at radius 3 is 2.71 bits per heavy atom. The van der Waals surface area contributed by atoms with Crippen molar-refractivity contribution in [3.05, 3.63) is 24.3 Å². The van der Waals surface area contributed by atoms with Crippen LogP contribution in [0.15, 0.2) is 24.3 Å². The van der Waals surface area contributed by atoms with Crippen LogP contribution in [0.1, 0.15) is 6.42 Å². The van der Waals surface area contributed by atoms with Crippen molar-refractivity contribution in [1.29, 1.82) is 0 Å². The van der Waals surface area contributed by atoms with Gasteiger partial charge in [0.25, 0.3) is 0 Å². The van der Waals surface area contributed by atoms with Gasteiger partial charge in [0, 0.05) is 11.3 Å². The zero-order chi connectivity index (χ0) is 12.3. The van der Waals surface area contributed by atoms with Gasteiger partial charge in [0.05, 0.1) is 13.0 Å². The van der Waals surface area contributed by atoms with Gasteiger partial charge in [-0.3, -0.25) is 4.79 Å². The molecule has 7 nitrogen and oxygen atoms in total. The van der Waals surface area contributed by atoms with Gasteiger partial charge >= 0.3 is 5.97 Å². The highest BCUT2D eigenvalue weighted by Crippen LogP contribution is 2.17. The van der Waals surface area contributed by atoms with Crippen molar-refractivity contribution in [2.24, 2.45) is 0 Å². The lowest BCUT2D eigenvalue weighted by Gasteiger charge is -2.03. The third kappa shape index (κ3) is 2.57. The molecule has 2 aromatic rings. The Morgan fingerprint density at radius 2 is 2.06 bits per heavy atom. The summed E-state index contributed by atoms with van der Waals surface area (Å²) in [6.45, 7) is 0.238. The first kappa shape index (κ1) is 11.1. The number of nitrogen functional groups attached to an aromatic ring is 1. The Hall–Kier alpha value is -2.44. The van der Waals surface area contributed by atoms with Crippen molar-refractivity contribution in [2.45, 2.75) is 13.0 Å². The van der Waals surface area contributed by atoms with E-state index >= 15 is 0 Å². The summed E-state index contributed by atoms with van der Waals surface area (Å²) >= 11 is 0. The van der Waals surface area contributed by atoms with E-state index in [0.717, 1.165) is 5.56 Å². The highest BCUT2D eigenvalue weighted by atomic mass is 16.4. The molecule has 0 bridgehead atoms. The molecule has 0 saturated carbocycles. The van der Waals surface area contributed by atoms with E-state index in [4.69, 9.17) is 10.8 Å². The minimum absolute atomic E-state index is 0.0208. The molecule has 1 aromatic carbocycles. The average Bonchev–Trinajstić information content (AvgIpc) is 2.75. The molecular formula is C10H11N5O2. The lowest BCUT2D eigenvalue weighted by atomic mass is 10.2. The van der Waals surface area contributed by atoms with E-state index in [1.54, 1.807) is 24.3 Å². The summed E-state index contributed by atoms with van der Waals surface area (Å²) in [6.07, 6.45) is -0.0208. The minimum Gasteiger partial charge on any atom is -0.481 e. The second kappa shape index (κ2) is 4.60. The molecule has 1 heterocycles. The van der Waals surface area contributed by atoms with Gasteiger partial charge in [0.15, 0.2) is 5.82 Å².